The van der Waals surface area contributed by atoms with Crippen molar-refractivity contribution in [3.05, 3.63) is 45.3 Å². The summed E-state index contributed by atoms with van der Waals surface area (Å²) in [7, 11) is 0. The average molecular weight is 464 g/mol. The highest BCUT2D eigenvalue weighted by Crippen LogP contribution is 2.33. The first kappa shape index (κ1) is 19.2. The first-order chi connectivity index (χ1) is 11.5. The second-order valence-electron chi connectivity index (χ2n) is 5.45. The second-order valence-corrected chi connectivity index (χ2v) is 6.70. The zero-order valence-corrected chi connectivity index (χ0v) is 15.0. The highest BCUT2D eigenvalue weighted by atomic mass is 127. The Kier molecular flexibility index (Phi) is 5.38. The van der Waals surface area contributed by atoms with Crippen molar-refractivity contribution in [1.29, 1.82) is 5.26 Å². The molecule has 0 aliphatic rings. The number of benzene rings is 1. The molecule has 0 aliphatic carbocycles. The van der Waals surface area contributed by atoms with E-state index in [4.69, 9.17) is 5.26 Å². The molecular weight excluding hydrogens is 452 g/mol. The third kappa shape index (κ3) is 4.70. The van der Waals surface area contributed by atoms with Crippen LogP contribution < -0.4 is 5.32 Å². The van der Waals surface area contributed by atoms with E-state index in [9.17, 15) is 23.1 Å². The van der Waals surface area contributed by atoms with E-state index in [0.717, 1.165) is 9.64 Å². The monoisotopic (exact) mass is 464 g/mol. The topological polar surface area (TPSA) is 90.9 Å². The molecule has 1 aromatic heterocycles. The van der Waals surface area contributed by atoms with Crippen LogP contribution in [-0.4, -0.2) is 26.4 Å². The molecular formula is C15H12F3IN4O2. The fourth-order valence-corrected chi connectivity index (χ4v) is 2.48. The molecule has 0 radical (unpaired) electrons. The number of hydrogen-bond donors (Lipinski definition) is 2. The number of aromatic nitrogens is 2. The minimum absolute atomic E-state index is 0.174. The molecule has 2 N–H and O–H groups in total. The molecule has 0 bridgehead atoms. The molecule has 0 aliphatic heterocycles. The fourth-order valence-electron chi connectivity index (χ4n) is 2.03. The van der Waals surface area contributed by atoms with Crippen LogP contribution in [0.5, 0.6) is 0 Å². The van der Waals surface area contributed by atoms with Gasteiger partial charge in [-0.15, -0.1) is 0 Å². The van der Waals surface area contributed by atoms with Crippen LogP contribution in [0.4, 0.5) is 18.9 Å². The second kappa shape index (κ2) is 7.01. The number of nitrogens with one attached hydrogen (secondary N) is 1. The lowest BCUT2D eigenvalue weighted by Gasteiger charge is -2.22. The Labute approximate surface area is 154 Å². The predicted molar refractivity (Wildman–Crippen MR) is 90.4 cm³/mol. The van der Waals surface area contributed by atoms with Crippen molar-refractivity contribution in [1.82, 2.24) is 9.78 Å². The first-order valence-corrected chi connectivity index (χ1v) is 7.94. The van der Waals surface area contributed by atoms with E-state index in [1.54, 1.807) is 6.20 Å². The van der Waals surface area contributed by atoms with Gasteiger partial charge in [-0.3, -0.25) is 9.48 Å². The van der Waals surface area contributed by atoms with Crippen molar-refractivity contribution in [2.75, 3.05) is 5.32 Å². The maximum absolute atomic E-state index is 13.0. The molecule has 1 amide bonds. The number of amides is 1. The smallest absolute Gasteiger partial charge is 0.378 e. The Balaban J connectivity index is 2.21. The SMILES string of the molecule is C[C@](O)(Cn1cc(I)cn1)C(=O)Nc1ccc(C#N)c(C(F)(F)F)c1. The zero-order chi connectivity index (χ0) is 18.8. The number of carbonyl (C=O) groups is 1. The van der Waals surface area contributed by atoms with Crippen molar-refractivity contribution < 1.29 is 23.1 Å². The van der Waals surface area contributed by atoms with Crippen molar-refractivity contribution in [3.63, 3.8) is 0 Å². The molecule has 2 aromatic rings. The molecule has 6 nitrogen and oxygen atoms in total. The number of aliphatic hydroxyl groups is 1. The van der Waals surface area contributed by atoms with Gasteiger partial charge in [0.15, 0.2) is 5.60 Å². The van der Waals surface area contributed by atoms with E-state index in [2.05, 4.69) is 10.4 Å². The fraction of sp³-hybridized carbons (Fsp3) is 0.267. The van der Waals surface area contributed by atoms with E-state index in [1.807, 2.05) is 22.6 Å². The Bertz CT molecular complexity index is 840. The van der Waals surface area contributed by atoms with Crippen LogP contribution in [0.25, 0.3) is 0 Å². The lowest BCUT2D eigenvalue weighted by molar-refractivity contribution is -0.138. The molecule has 10 heteroatoms. The minimum Gasteiger partial charge on any atom is -0.378 e. The van der Waals surface area contributed by atoms with Crippen LogP contribution in [-0.2, 0) is 17.5 Å². The number of hydrogen-bond acceptors (Lipinski definition) is 4. The Morgan fingerprint density at radius 1 is 1.48 bits per heavy atom. The zero-order valence-electron chi connectivity index (χ0n) is 12.8. The van der Waals surface area contributed by atoms with Gasteiger partial charge < -0.3 is 10.4 Å². The predicted octanol–water partition coefficient (Wildman–Crippen LogP) is 2.77. The van der Waals surface area contributed by atoms with Crippen LogP contribution >= 0.6 is 22.6 Å². The van der Waals surface area contributed by atoms with Gasteiger partial charge in [-0.1, -0.05) is 0 Å². The molecule has 132 valence electrons. The van der Waals surface area contributed by atoms with E-state index in [0.29, 0.717) is 6.07 Å². The third-order valence-corrected chi connectivity index (χ3v) is 3.82. The van der Waals surface area contributed by atoms with Crippen LogP contribution in [0, 0.1) is 14.9 Å². The molecule has 1 heterocycles. The molecule has 0 fully saturated rings. The summed E-state index contributed by atoms with van der Waals surface area (Å²) in [5.41, 5.74) is -3.79. The maximum Gasteiger partial charge on any atom is 0.417 e. The van der Waals surface area contributed by atoms with Crippen LogP contribution in [0.1, 0.15) is 18.1 Å². The van der Waals surface area contributed by atoms with Gasteiger partial charge in [0.25, 0.3) is 5.91 Å². The number of alkyl halides is 3. The molecule has 0 saturated heterocycles. The van der Waals surface area contributed by atoms with E-state index < -0.39 is 28.8 Å². The van der Waals surface area contributed by atoms with Crippen molar-refractivity contribution in [2.24, 2.45) is 0 Å². The first-order valence-electron chi connectivity index (χ1n) is 6.86. The Hall–Kier alpha value is -2.13. The van der Waals surface area contributed by atoms with Crippen molar-refractivity contribution in [3.8, 4) is 6.07 Å². The number of anilines is 1. The minimum atomic E-state index is -4.74. The lowest BCUT2D eigenvalue weighted by Crippen LogP contribution is -2.43. The standard InChI is InChI=1S/C15H12F3IN4O2/c1-14(25,8-23-7-10(19)6-21-23)13(24)22-11-3-2-9(5-20)12(4-11)15(16,17)18/h2-4,6-7,25H,8H2,1H3,(H,22,24)/t14-/m0/s1. The summed E-state index contributed by atoms with van der Waals surface area (Å²) >= 11 is 2.01. The summed E-state index contributed by atoms with van der Waals surface area (Å²) in [6, 6.07) is 4.24. The molecule has 25 heavy (non-hydrogen) atoms. The van der Waals surface area contributed by atoms with Gasteiger partial charge >= 0.3 is 6.18 Å². The number of nitriles is 1. The summed E-state index contributed by atoms with van der Waals surface area (Å²) in [4.78, 5) is 12.2. The number of halogens is 4. The number of nitrogens with zero attached hydrogens (tertiary/aromatic N) is 3. The van der Waals surface area contributed by atoms with Crippen molar-refractivity contribution in [2.45, 2.75) is 25.2 Å². The van der Waals surface area contributed by atoms with Gasteiger partial charge in [-0.25, -0.2) is 0 Å². The van der Waals surface area contributed by atoms with Gasteiger partial charge in [-0.2, -0.15) is 23.5 Å². The molecule has 0 saturated carbocycles. The molecule has 0 unspecified atom stereocenters. The quantitative estimate of drug-likeness (QED) is 0.682. The number of rotatable bonds is 4. The van der Waals surface area contributed by atoms with Gasteiger partial charge in [0.1, 0.15) is 0 Å². The van der Waals surface area contributed by atoms with Gasteiger partial charge in [0, 0.05) is 11.9 Å². The highest BCUT2D eigenvalue weighted by molar-refractivity contribution is 14.1. The normalized spacial score (nSPS) is 13.8. The summed E-state index contributed by atoms with van der Waals surface area (Å²) in [6.45, 7) is 1.05. The molecule has 1 aromatic carbocycles. The van der Waals surface area contributed by atoms with E-state index >= 15 is 0 Å². The van der Waals surface area contributed by atoms with E-state index in [1.165, 1.54) is 29.9 Å². The Morgan fingerprint density at radius 3 is 2.68 bits per heavy atom. The van der Waals surface area contributed by atoms with Crippen molar-refractivity contribution >= 4 is 34.2 Å². The van der Waals surface area contributed by atoms with E-state index in [-0.39, 0.29) is 12.2 Å². The Morgan fingerprint density at radius 2 is 2.16 bits per heavy atom. The largest absolute Gasteiger partial charge is 0.417 e. The van der Waals surface area contributed by atoms with Gasteiger partial charge in [0.2, 0.25) is 0 Å². The third-order valence-electron chi connectivity index (χ3n) is 3.26. The molecule has 0 spiro atoms. The van der Waals surface area contributed by atoms with Gasteiger partial charge in [-0.05, 0) is 47.7 Å². The van der Waals surface area contributed by atoms with Crippen LogP contribution in [0.3, 0.4) is 0 Å². The summed E-state index contributed by atoms with van der Waals surface area (Å²) in [5.74, 6) is -0.893. The maximum atomic E-state index is 13.0. The highest BCUT2D eigenvalue weighted by Gasteiger charge is 2.35. The number of carbonyl (C=O) groups excluding carboxylic acids is 1. The summed E-state index contributed by atoms with van der Waals surface area (Å²) in [6.07, 6.45) is -1.60. The average Bonchev–Trinajstić information content (AvgIpc) is 2.90. The molecule has 1 atom stereocenters. The summed E-state index contributed by atoms with van der Waals surface area (Å²) < 4.78 is 41.0. The van der Waals surface area contributed by atoms with Crippen LogP contribution in [0.2, 0.25) is 0 Å². The summed E-state index contributed by atoms with van der Waals surface area (Å²) in [5, 5.41) is 25.2. The molecule has 2 rings (SSSR count). The van der Waals surface area contributed by atoms with Gasteiger partial charge in [0.05, 0.1) is 33.5 Å². The lowest BCUT2D eigenvalue weighted by atomic mass is 10.0. The van der Waals surface area contributed by atoms with Crippen LogP contribution in [0.15, 0.2) is 30.6 Å².